The number of methoxy groups -OCH3 is 1. The van der Waals surface area contributed by atoms with E-state index in [9.17, 15) is 19.2 Å². The molecule has 1 aliphatic rings. The molecule has 13 nitrogen and oxygen atoms in total. The van der Waals surface area contributed by atoms with Crippen LogP contribution in [0, 0.1) is 11.8 Å². The van der Waals surface area contributed by atoms with Crippen molar-refractivity contribution in [1.29, 1.82) is 0 Å². The monoisotopic (exact) mass is 532 g/mol. The molecular weight excluding hydrogens is 500 g/mol. The molecular formula is C25H32N4O9. The molecule has 0 saturated carbocycles. The van der Waals surface area contributed by atoms with Gasteiger partial charge < -0.3 is 29.0 Å². The van der Waals surface area contributed by atoms with Crippen LogP contribution in [-0.4, -0.2) is 64.3 Å². The number of rotatable bonds is 9. The average Bonchev–Trinajstić information content (AvgIpc) is 3.43. The second-order valence-electron chi connectivity index (χ2n) is 8.88. The standard InChI is InChI=1S/C25H32N4O9/c1-6-7-20(31)28-18-10-17(11-35-25(33)29-13-26-12-27-29)8-9-19(18)37-24-15(3)14(2)21(36-16(4)30)22(38-24)23(32)34-5/h8-10,12-15,21-22,24H,6-7,11H2,1-5H3,(H,28,31)/t14-,15-,21+,22+,24-/m1/s1. The van der Waals surface area contributed by atoms with Crippen LogP contribution in [0.4, 0.5) is 10.5 Å². The Labute approximate surface area is 219 Å². The predicted molar refractivity (Wildman–Crippen MR) is 131 cm³/mol. The van der Waals surface area contributed by atoms with E-state index in [1.165, 1.54) is 26.7 Å². The number of benzene rings is 1. The van der Waals surface area contributed by atoms with Gasteiger partial charge in [-0.25, -0.2) is 14.6 Å². The number of amides is 1. The van der Waals surface area contributed by atoms with Gasteiger partial charge in [0, 0.05) is 25.2 Å². The minimum atomic E-state index is -1.20. The molecule has 1 amide bonds. The van der Waals surface area contributed by atoms with Crippen molar-refractivity contribution in [2.45, 2.75) is 65.6 Å². The van der Waals surface area contributed by atoms with Crippen LogP contribution in [0.5, 0.6) is 5.75 Å². The lowest BCUT2D eigenvalue weighted by Gasteiger charge is -2.42. The minimum absolute atomic E-state index is 0.0997. The second-order valence-corrected chi connectivity index (χ2v) is 8.88. The van der Waals surface area contributed by atoms with Gasteiger partial charge in [0.05, 0.1) is 12.8 Å². The Morgan fingerprint density at radius 2 is 1.92 bits per heavy atom. The van der Waals surface area contributed by atoms with E-state index >= 15 is 0 Å². The molecule has 1 aromatic heterocycles. The number of nitrogens with zero attached hydrogens (tertiary/aromatic N) is 3. The first kappa shape index (κ1) is 28.6. The van der Waals surface area contributed by atoms with Crippen molar-refractivity contribution in [3.63, 3.8) is 0 Å². The van der Waals surface area contributed by atoms with Crippen molar-refractivity contribution in [1.82, 2.24) is 14.8 Å². The molecule has 38 heavy (non-hydrogen) atoms. The zero-order chi connectivity index (χ0) is 27.8. The van der Waals surface area contributed by atoms with Gasteiger partial charge in [-0.3, -0.25) is 9.59 Å². The zero-order valence-corrected chi connectivity index (χ0v) is 21.9. The van der Waals surface area contributed by atoms with E-state index in [0.29, 0.717) is 17.7 Å². The Morgan fingerprint density at radius 3 is 2.55 bits per heavy atom. The van der Waals surface area contributed by atoms with Gasteiger partial charge in [0.25, 0.3) is 0 Å². The van der Waals surface area contributed by atoms with Crippen LogP contribution in [0.15, 0.2) is 30.9 Å². The molecule has 0 bridgehead atoms. The average molecular weight is 533 g/mol. The quantitative estimate of drug-likeness (QED) is 0.374. The summed E-state index contributed by atoms with van der Waals surface area (Å²) in [5, 5.41) is 6.54. The van der Waals surface area contributed by atoms with Crippen molar-refractivity contribution in [2.75, 3.05) is 12.4 Å². The van der Waals surface area contributed by atoms with Gasteiger partial charge in [-0.05, 0) is 24.1 Å². The van der Waals surface area contributed by atoms with E-state index in [1.54, 1.807) is 18.2 Å². The van der Waals surface area contributed by atoms with E-state index in [0.717, 1.165) is 4.68 Å². The number of hydrogen-bond acceptors (Lipinski definition) is 11. The molecule has 0 radical (unpaired) electrons. The smallest absolute Gasteiger partial charge is 0.436 e. The van der Waals surface area contributed by atoms with Gasteiger partial charge >= 0.3 is 18.0 Å². The van der Waals surface area contributed by atoms with E-state index in [4.69, 9.17) is 23.7 Å². The Balaban J connectivity index is 1.83. The molecule has 3 rings (SSSR count). The number of hydrogen-bond donors (Lipinski definition) is 1. The second kappa shape index (κ2) is 13.0. The highest BCUT2D eigenvalue weighted by Crippen LogP contribution is 2.37. The van der Waals surface area contributed by atoms with Crippen LogP contribution in [0.1, 0.15) is 46.1 Å². The van der Waals surface area contributed by atoms with E-state index in [-0.39, 0.29) is 36.5 Å². The number of ether oxygens (including phenoxy) is 5. The van der Waals surface area contributed by atoms with Crippen molar-refractivity contribution in [2.24, 2.45) is 11.8 Å². The molecule has 2 aromatic rings. The molecule has 1 saturated heterocycles. The summed E-state index contributed by atoms with van der Waals surface area (Å²) in [6, 6.07) is 4.88. The first-order chi connectivity index (χ1) is 18.1. The van der Waals surface area contributed by atoms with Crippen molar-refractivity contribution in [3.8, 4) is 5.75 Å². The maximum Gasteiger partial charge on any atom is 0.436 e. The summed E-state index contributed by atoms with van der Waals surface area (Å²) in [6.07, 6.45) is -0.358. The highest BCUT2D eigenvalue weighted by molar-refractivity contribution is 5.92. The lowest BCUT2D eigenvalue weighted by atomic mass is 9.84. The SMILES string of the molecule is CCCC(=O)Nc1cc(COC(=O)n2cncn2)ccc1O[C@@H]1O[C@H](C(=O)OC)[C@@H](OC(C)=O)[C@H](C)[C@H]1C. The van der Waals surface area contributed by atoms with Crippen LogP contribution >= 0.6 is 0 Å². The van der Waals surface area contributed by atoms with Crippen LogP contribution in [0.25, 0.3) is 0 Å². The fourth-order valence-electron chi connectivity index (χ4n) is 3.92. The summed E-state index contributed by atoms with van der Waals surface area (Å²) in [5.74, 6) is -1.85. The zero-order valence-electron chi connectivity index (χ0n) is 21.9. The summed E-state index contributed by atoms with van der Waals surface area (Å²) < 4.78 is 28.5. The number of carbonyl (C=O) groups excluding carboxylic acids is 4. The molecule has 1 aromatic carbocycles. The Bertz CT molecular complexity index is 1140. The highest BCUT2D eigenvalue weighted by atomic mass is 16.7. The number of esters is 2. The van der Waals surface area contributed by atoms with Crippen molar-refractivity contribution >= 4 is 29.6 Å². The van der Waals surface area contributed by atoms with Gasteiger partial charge in [0.15, 0.2) is 6.10 Å². The van der Waals surface area contributed by atoms with Gasteiger partial charge in [-0.15, -0.1) is 5.10 Å². The predicted octanol–water partition coefficient (Wildman–Crippen LogP) is 2.68. The number of nitrogens with one attached hydrogen (secondary N) is 1. The maximum atomic E-state index is 12.4. The first-order valence-electron chi connectivity index (χ1n) is 12.2. The maximum absolute atomic E-state index is 12.4. The Morgan fingerprint density at radius 1 is 1.16 bits per heavy atom. The molecule has 2 heterocycles. The van der Waals surface area contributed by atoms with Gasteiger partial charge in [-0.2, -0.15) is 4.68 Å². The Hall–Kier alpha value is -4.00. The summed E-state index contributed by atoms with van der Waals surface area (Å²) in [5.41, 5.74) is 0.906. The van der Waals surface area contributed by atoms with Crippen molar-refractivity contribution < 1.29 is 42.9 Å². The fourth-order valence-corrected chi connectivity index (χ4v) is 3.92. The van der Waals surface area contributed by atoms with Crippen LogP contribution in [-0.2, 0) is 39.9 Å². The highest BCUT2D eigenvalue weighted by Gasteiger charge is 2.48. The largest absolute Gasteiger partial charge is 0.467 e. The number of aromatic nitrogens is 3. The summed E-state index contributed by atoms with van der Waals surface area (Å²) in [6.45, 7) is 6.69. The van der Waals surface area contributed by atoms with E-state index in [1.807, 2.05) is 20.8 Å². The normalized spacial score (nSPS) is 22.7. The molecule has 206 valence electrons. The summed E-state index contributed by atoms with van der Waals surface area (Å²) in [7, 11) is 1.21. The molecule has 5 atom stereocenters. The van der Waals surface area contributed by atoms with Crippen LogP contribution in [0.3, 0.4) is 0 Å². The van der Waals surface area contributed by atoms with Gasteiger partial charge in [0.2, 0.25) is 12.2 Å². The minimum Gasteiger partial charge on any atom is -0.467 e. The molecule has 1 N–H and O–H groups in total. The lowest BCUT2D eigenvalue weighted by molar-refractivity contribution is -0.243. The van der Waals surface area contributed by atoms with Crippen LogP contribution < -0.4 is 10.1 Å². The third kappa shape index (κ3) is 7.06. The molecule has 0 aliphatic carbocycles. The number of carbonyl (C=O) groups is 4. The molecule has 0 spiro atoms. The molecule has 1 fully saturated rings. The third-order valence-corrected chi connectivity index (χ3v) is 6.10. The van der Waals surface area contributed by atoms with E-state index < -0.39 is 36.5 Å². The molecule has 1 aliphatic heterocycles. The fraction of sp³-hybridized carbons (Fsp3) is 0.520. The van der Waals surface area contributed by atoms with Gasteiger partial charge in [-0.1, -0.05) is 26.8 Å². The molecule has 13 heteroatoms. The van der Waals surface area contributed by atoms with E-state index in [2.05, 4.69) is 15.4 Å². The molecule has 0 unspecified atom stereocenters. The van der Waals surface area contributed by atoms with Crippen LogP contribution in [0.2, 0.25) is 0 Å². The summed E-state index contributed by atoms with van der Waals surface area (Å²) in [4.78, 5) is 52.3. The first-order valence-corrected chi connectivity index (χ1v) is 12.2. The third-order valence-electron chi connectivity index (χ3n) is 6.10. The number of anilines is 1. The Kier molecular flexibility index (Phi) is 9.77. The lowest BCUT2D eigenvalue weighted by Crippen LogP contribution is -2.55. The topological polar surface area (TPSA) is 157 Å². The summed E-state index contributed by atoms with van der Waals surface area (Å²) >= 11 is 0. The van der Waals surface area contributed by atoms with Crippen molar-refractivity contribution in [3.05, 3.63) is 36.4 Å². The van der Waals surface area contributed by atoms with Gasteiger partial charge in [0.1, 0.15) is 31.1 Å².